The van der Waals surface area contributed by atoms with Gasteiger partial charge in [0.25, 0.3) is 0 Å². The molecule has 0 unspecified atom stereocenters. The molecule has 52 heavy (non-hydrogen) atoms. The van der Waals surface area contributed by atoms with Crippen molar-refractivity contribution in [2.45, 2.75) is 0 Å². The normalized spacial score (nSPS) is 11.8. The lowest BCUT2D eigenvalue weighted by atomic mass is 9.82. The third-order valence-electron chi connectivity index (χ3n) is 10.7. The van der Waals surface area contributed by atoms with Gasteiger partial charge in [-0.2, -0.15) is 0 Å². The monoisotopic (exact) mass is 662 g/mol. The molecule has 0 aliphatic heterocycles. The Balaban J connectivity index is 1.21. The fraction of sp³-hybridized carbons (Fsp3) is 0. The van der Waals surface area contributed by atoms with E-state index in [0.717, 1.165) is 66.1 Å². The van der Waals surface area contributed by atoms with Crippen molar-refractivity contribution in [3.05, 3.63) is 182 Å². The van der Waals surface area contributed by atoms with E-state index in [-0.39, 0.29) is 0 Å². The largest absolute Gasteiger partial charge is 0.455 e. The van der Waals surface area contributed by atoms with Crippen LogP contribution >= 0.6 is 0 Å². The number of hydrogen-bond acceptors (Lipinski definition) is 2. The van der Waals surface area contributed by atoms with Gasteiger partial charge in [0.1, 0.15) is 22.3 Å². The maximum atomic E-state index is 6.58. The average molecular weight is 663 g/mol. The van der Waals surface area contributed by atoms with Gasteiger partial charge in [0.05, 0.1) is 0 Å². The van der Waals surface area contributed by atoms with Crippen LogP contribution in [0, 0.1) is 0 Å². The van der Waals surface area contributed by atoms with Gasteiger partial charge in [-0.05, 0) is 67.1 Å². The van der Waals surface area contributed by atoms with Crippen LogP contribution in [0.1, 0.15) is 0 Å². The molecule has 0 atom stereocenters. The van der Waals surface area contributed by atoms with Crippen molar-refractivity contribution in [2.24, 2.45) is 0 Å². The van der Waals surface area contributed by atoms with Crippen molar-refractivity contribution in [3.63, 3.8) is 0 Å². The van der Waals surface area contributed by atoms with Gasteiger partial charge in [0, 0.05) is 32.7 Å². The minimum atomic E-state index is 0.902. The molecule has 0 radical (unpaired) electrons. The quantitative estimate of drug-likeness (QED) is 0.175. The molecule has 0 saturated carbocycles. The van der Waals surface area contributed by atoms with Crippen LogP contribution in [-0.4, -0.2) is 0 Å². The highest BCUT2D eigenvalue weighted by atomic mass is 16.3. The number of benzene rings is 9. The Morgan fingerprint density at radius 2 is 0.500 bits per heavy atom. The second kappa shape index (κ2) is 11.3. The van der Waals surface area contributed by atoms with E-state index >= 15 is 0 Å². The minimum absolute atomic E-state index is 0.902. The van der Waals surface area contributed by atoms with Crippen molar-refractivity contribution in [1.29, 1.82) is 0 Å². The Morgan fingerprint density at radius 1 is 0.212 bits per heavy atom. The van der Waals surface area contributed by atoms with Crippen LogP contribution in [0.15, 0.2) is 191 Å². The summed E-state index contributed by atoms with van der Waals surface area (Å²) in [7, 11) is 0. The highest BCUT2D eigenvalue weighted by Crippen LogP contribution is 2.49. The van der Waals surface area contributed by atoms with Crippen molar-refractivity contribution in [1.82, 2.24) is 0 Å². The molecule has 0 fully saturated rings. The molecule has 2 heterocycles. The molecular weight excluding hydrogens is 633 g/mol. The minimum Gasteiger partial charge on any atom is -0.455 e. The van der Waals surface area contributed by atoms with Crippen LogP contribution in [0.5, 0.6) is 0 Å². The molecule has 11 aromatic rings. The molecule has 0 aliphatic rings. The van der Waals surface area contributed by atoms with Crippen LogP contribution < -0.4 is 0 Å². The zero-order chi connectivity index (χ0) is 34.2. The van der Waals surface area contributed by atoms with E-state index in [9.17, 15) is 0 Å². The van der Waals surface area contributed by atoms with E-state index in [1.807, 2.05) is 12.1 Å². The molecular formula is C50H30O2. The highest BCUT2D eigenvalue weighted by Gasteiger charge is 2.23. The van der Waals surface area contributed by atoms with Gasteiger partial charge in [0.15, 0.2) is 0 Å². The first kappa shape index (κ1) is 28.9. The zero-order valence-electron chi connectivity index (χ0n) is 28.1. The number of fused-ring (bicyclic) bond motifs is 8. The number of rotatable bonds is 4. The molecule has 242 valence electrons. The maximum Gasteiger partial charge on any atom is 0.143 e. The van der Waals surface area contributed by atoms with Crippen LogP contribution in [0.25, 0.3) is 110 Å². The lowest BCUT2D eigenvalue weighted by Crippen LogP contribution is -1.94. The first-order valence-corrected chi connectivity index (χ1v) is 17.8. The molecule has 2 heteroatoms. The first-order chi connectivity index (χ1) is 25.8. The molecule has 9 aromatic carbocycles. The van der Waals surface area contributed by atoms with Crippen molar-refractivity contribution >= 4 is 65.4 Å². The van der Waals surface area contributed by atoms with Gasteiger partial charge >= 0.3 is 0 Å². The van der Waals surface area contributed by atoms with E-state index in [2.05, 4.69) is 170 Å². The standard InChI is InChI=1S/C50H30O2/c1-3-19-35(31(15-1)41-25-13-27-43-33-17-9-11-29-45(33)51-49(41)43)47-37-21-5-7-23-39(37)48(40-24-8-6-22-38(40)47)36-20-4-2-16-32(36)42-26-14-28-44-34-18-10-12-30-46(34)52-50(42)44/h1-30H. The summed E-state index contributed by atoms with van der Waals surface area (Å²) >= 11 is 0. The Bertz CT molecular complexity index is 2920. The van der Waals surface area contributed by atoms with Crippen molar-refractivity contribution in [2.75, 3.05) is 0 Å². The number of hydrogen-bond donors (Lipinski definition) is 0. The van der Waals surface area contributed by atoms with Crippen LogP contribution in [0.2, 0.25) is 0 Å². The predicted molar refractivity (Wildman–Crippen MR) is 218 cm³/mol. The van der Waals surface area contributed by atoms with E-state index in [0.29, 0.717) is 0 Å². The molecule has 11 rings (SSSR count). The summed E-state index contributed by atoms with van der Waals surface area (Å²) in [5, 5.41) is 9.35. The van der Waals surface area contributed by atoms with Gasteiger partial charge in [-0.1, -0.05) is 170 Å². The fourth-order valence-corrected chi connectivity index (χ4v) is 8.50. The average Bonchev–Trinajstić information content (AvgIpc) is 3.79. The number of para-hydroxylation sites is 4. The van der Waals surface area contributed by atoms with Gasteiger partial charge in [-0.3, -0.25) is 0 Å². The third kappa shape index (κ3) is 4.19. The van der Waals surface area contributed by atoms with Crippen molar-refractivity contribution < 1.29 is 8.83 Å². The lowest BCUT2D eigenvalue weighted by Gasteiger charge is -2.21. The van der Waals surface area contributed by atoms with Crippen molar-refractivity contribution in [3.8, 4) is 44.5 Å². The Labute approximate surface area is 299 Å². The lowest BCUT2D eigenvalue weighted by molar-refractivity contribution is 0.669. The Kier molecular flexibility index (Phi) is 6.28. The Hall–Kier alpha value is -6.90. The first-order valence-electron chi connectivity index (χ1n) is 17.8. The van der Waals surface area contributed by atoms with E-state index < -0.39 is 0 Å². The molecule has 2 nitrogen and oxygen atoms in total. The summed E-state index contributed by atoms with van der Waals surface area (Å²) < 4.78 is 13.2. The SMILES string of the molecule is c1ccc(-c2cccc3c2oc2ccccc23)c(-c2c3ccccc3c(-c3ccccc3-c3cccc4c3oc3ccccc34)c3ccccc23)c1. The zero-order valence-corrected chi connectivity index (χ0v) is 28.1. The van der Waals surface area contributed by atoms with E-state index in [1.165, 1.54) is 43.8 Å². The second-order valence-electron chi connectivity index (χ2n) is 13.5. The van der Waals surface area contributed by atoms with Gasteiger partial charge in [-0.15, -0.1) is 0 Å². The summed E-state index contributed by atoms with van der Waals surface area (Å²) in [6, 6.07) is 64.9. The summed E-state index contributed by atoms with van der Waals surface area (Å²) in [4.78, 5) is 0. The van der Waals surface area contributed by atoms with Gasteiger partial charge < -0.3 is 8.83 Å². The highest BCUT2D eigenvalue weighted by molar-refractivity contribution is 6.24. The third-order valence-corrected chi connectivity index (χ3v) is 10.7. The smallest absolute Gasteiger partial charge is 0.143 e. The molecule has 0 spiro atoms. The predicted octanol–water partition coefficient (Wildman–Crippen LogP) is 14.5. The summed E-state index contributed by atoms with van der Waals surface area (Å²) in [5.41, 5.74) is 12.9. The second-order valence-corrected chi connectivity index (χ2v) is 13.5. The molecule has 0 aliphatic carbocycles. The van der Waals surface area contributed by atoms with E-state index in [4.69, 9.17) is 8.83 Å². The molecule has 0 N–H and O–H groups in total. The van der Waals surface area contributed by atoms with Crippen LogP contribution in [0.4, 0.5) is 0 Å². The fourth-order valence-electron chi connectivity index (χ4n) is 8.50. The van der Waals surface area contributed by atoms with E-state index in [1.54, 1.807) is 0 Å². The summed E-state index contributed by atoms with van der Waals surface area (Å²) in [6.07, 6.45) is 0. The van der Waals surface area contributed by atoms with Crippen LogP contribution in [-0.2, 0) is 0 Å². The molecule has 0 bridgehead atoms. The van der Waals surface area contributed by atoms with Crippen LogP contribution in [0.3, 0.4) is 0 Å². The molecule has 2 aromatic heterocycles. The summed E-state index contributed by atoms with van der Waals surface area (Å²) in [5.74, 6) is 0. The Morgan fingerprint density at radius 3 is 0.904 bits per heavy atom. The molecule has 0 amide bonds. The van der Waals surface area contributed by atoms with Gasteiger partial charge in [0.2, 0.25) is 0 Å². The molecule has 0 saturated heterocycles. The maximum absolute atomic E-state index is 6.58. The number of furan rings is 2. The summed E-state index contributed by atoms with van der Waals surface area (Å²) in [6.45, 7) is 0. The topological polar surface area (TPSA) is 26.3 Å². The van der Waals surface area contributed by atoms with Gasteiger partial charge in [-0.25, -0.2) is 0 Å².